The molecule has 1 unspecified atom stereocenters. The van der Waals surface area contributed by atoms with E-state index in [0.717, 1.165) is 48.1 Å². The van der Waals surface area contributed by atoms with Crippen molar-refractivity contribution in [1.82, 2.24) is 15.1 Å². The van der Waals surface area contributed by atoms with E-state index in [9.17, 15) is 5.11 Å². The van der Waals surface area contributed by atoms with Crippen molar-refractivity contribution in [3.8, 4) is 23.1 Å². The molecule has 2 heterocycles. The summed E-state index contributed by atoms with van der Waals surface area (Å²) in [5.41, 5.74) is 2.74. The summed E-state index contributed by atoms with van der Waals surface area (Å²) in [6.07, 6.45) is 2.27. The molecule has 1 fully saturated rings. The van der Waals surface area contributed by atoms with Gasteiger partial charge < -0.3 is 15.3 Å². The zero-order valence-corrected chi connectivity index (χ0v) is 16.1. The zero-order valence-electron chi connectivity index (χ0n) is 16.1. The van der Waals surface area contributed by atoms with Gasteiger partial charge in [-0.25, -0.2) is 0 Å². The summed E-state index contributed by atoms with van der Waals surface area (Å²) in [7, 11) is 2.14. The molecule has 2 N–H and O–H groups in total. The first-order chi connectivity index (χ1) is 13.5. The first kappa shape index (κ1) is 18.2. The molecule has 0 bridgehead atoms. The van der Waals surface area contributed by atoms with Crippen LogP contribution in [0.3, 0.4) is 0 Å². The molecule has 1 saturated heterocycles. The van der Waals surface area contributed by atoms with Gasteiger partial charge in [0.15, 0.2) is 5.82 Å². The Labute approximate surface area is 164 Å². The molecule has 3 aromatic rings. The van der Waals surface area contributed by atoms with Gasteiger partial charge in [-0.3, -0.25) is 0 Å². The second-order valence-electron chi connectivity index (χ2n) is 7.54. The molecule has 2 aromatic carbocycles. The second kappa shape index (κ2) is 7.45. The van der Waals surface area contributed by atoms with Gasteiger partial charge in [0.1, 0.15) is 11.4 Å². The third kappa shape index (κ3) is 3.49. The molecule has 4 rings (SSSR count). The van der Waals surface area contributed by atoms with Gasteiger partial charge in [-0.1, -0.05) is 17.7 Å². The van der Waals surface area contributed by atoms with Crippen LogP contribution in [0.4, 0.5) is 5.82 Å². The molecular weight excluding hydrogens is 350 g/mol. The van der Waals surface area contributed by atoms with Crippen LogP contribution < -0.4 is 5.32 Å². The number of phenols is 1. The molecule has 1 aliphatic heterocycles. The fourth-order valence-corrected chi connectivity index (χ4v) is 3.85. The van der Waals surface area contributed by atoms with Gasteiger partial charge in [0, 0.05) is 28.9 Å². The van der Waals surface area contributed by atoms with Crippen LogP contribution in [-0.4, -0.2) is 46.4 Å². The van der Waals surface area contributed by atoms with Gasteiger partial charge in [0.05, 0.1) is 11.6 Å². The Bertz CT molecular complexity index is 1070. The molecule has 0 spiro atoms. The van der Waals surface area contributed by atoms with Gasteiger partial charge in [-0.05, 0) is 57.6 Å². The van der Waals surface area contributed by atoms with Crippen molar-refractivity contribution in [3.05, 3.63) is 47.5 Å². The highest BCUT2D eigenvalue weighted by atomic mass is 16.3. The molecule has 0 radical (unpaired) electrons. The first-order valence-electron chi connectivity index (χ1n) is 9.51. The van der Waals surface area contributed by atoms with Crippen LogP contribution in [0.5, 0.6) is 5.75 Å². The van der Waals surface area contributed by atoms with E-state index < -0.39 is 0 Å². The number of nitriles is 1. The van der Waals surface area contributed by atoms with E-state index >= 15 is 0 Å². The molecule has 142 valence electrons. The standard InChI is InChI=1S/C22H23N5O/c1-14-5-7-17-19(10-14)22(24-16-4-3-9-27(2)13-16)26-25-21(17)18-8-6-15(12-23)11-20(18)28/h5-8,10-11,16,28H,3-4,9,13H2,1-2H3,(H,24,26). The van der Waals surface area contributed by atoms with Crippen molar-refractivity contribution in [2.75, 3.05) is 25.5 Å². The largest absolute Gasteiger partial charge is 0.507 e. The molecule has 1 atom stereocenters. The number of aromatic nitrogens is 2. The molecule has 0 aliphatic carbocycles. The number of aryl methyl sites for hydroxylation is 1. The lowest BCUT2D eigenvalue weighted by molar-refractivity contribution is 0.261. The van der Waals surface area contributed by atoms with Crippen molar-refractivity contribution < 1.29 is 5.11 Å². The highest BCUT2D eigenvalue weighted by Gasteiger charge is 2.20. The second-order valence-corrected chi connectivity index (χ2v) is 7.54. The monoisotopic (exact) mass is 373 g/mol. The first-order valence-corrected chi connectivity index (χ1v) is 9.51. The van der Waals surface area contributed by atoms with E-state index in [-0.39, 0.29) is 5.75 Å². The maximum Gasteiger partial charge on any atom is 0.156 e. The average Bonchev–Trinajstić information content (AvgIpc) is 2.68. The van der Waals surface area contributed by atoms with Crippen molar-refractivity contribution in [2.24, 2.45) is 0 Å². The molecule has 1 aromatic heterocycles. The molecule has 6 nitrogen and oxygen atoms in total. The summed E-state index contributed by atoms with van der Waals surface area (Å²) in [6, 6.07) is 13.4. The average molecular weight is 373 g/mol. The number of rotatable bonds is 3. The highest BCUT2D eigenvalue weighted by Crippen LogP contribution is 2.35. The predicted molar refractivity (Wildman–Crippen MR) is 110 cm³/mol. The number of hydrogen-bond acceptors (Lipinski definition) is 6. The fraction of sp³-hybridized carbons (Fsp3) is 0.318. The number of aromatic hydroxyl groups is 1. The number of nitrogens with one attached hydrogen (secondary N) is 1. The van der Waals surface area contributed by atoms with Crippen molar-refractivity contribution >= 4 is 16.6 Å². The van der Waals surface area contributed by atoms with E-state index in [4.69, 9.17) is 5.26 Å². The Morgan fingerprint density at radius 2 is 2.04 bits per heavy atom. The minimum absolute atomic E-state index is 0.0323. The Morgan fingerprint density at radius 3 is 2.79 bits per heavy atom. The number of phenolic OH excluding ortho intramolecular Hbond substituents is 1. The van der Waals surface area contributed by atoms with Gasteiger partial charge in [-0.2, -0.15) is 5.26 Å². The number of likely N-dealkylation sites (tertiary alicyclic amines) is 1. The smallest absolute Gasteiger partial charge is 0.156 e. The Balaban J connectivity index is 1.79. The third-order valence-corrected chi connectivity index (χ3v) is 5.28. The molecular formula is C22H23N5O. The normalized spacial score (nSPS) is 17.4. The van der Waals surface area contributed by atoms with Gasteiger partial charge in [-0.15, -0.1) is 10.2 Å². The minimum atomic E-state index is 0.0323. The Morgan fingerprint density at radius 1 is 1.18 bits per heavy atom. The van der Waals surface area contributed by atoms with E-state index in [2.05, 4.69) is 40.5 Å². The number of likely N-dealkylation sites (N-methyl/N-ethyl adjacent to an activating group) is 1. The number of benzene rings is 2. The van der Waals surface area contributed by atoms with E-state index in [1.807, 2.05) is 18.2 Å². The lowest BCUT2D eigenvalue weighted by Gasteiger charge is -2.30. The topological polar surface area (TPSA) is 85.1 Å². The van der Waals surface area contributed by atoms with E-state index in [1.54, 1.807) is 12.1 Å². The number of hydrogen-bond donors (Lipinski definition) is 2. The van der Waals surface area contributed by atoms with Crippen LogP contribution in [0, 0.1) is 18.3 Å². The quantitative estimate of drug-likeness (QED) is 0.728. The van der Waals surface area contributed by atoms with Crippen LogP contribution in [0.25, 0.3) is 22.0 Å². The summed E-state index contributed by atoms with van der Waals surface area (Å²) < 4.78 is 0. The summed E-state index contributed by atoms with van der Waals surface area (Å²) in [6.45, 7) is 4.16. The van der Waals surface area contributed by atoms with Crippen molar-refractivity contribution in [3.63, 3.8) is 0 Å². The predicted octanol–water partition coefficient (Wildman–Crippen LogP) is 3.69. The van der Waals surface area contributed by atoms with Gasteiger partial charge >= 0.3 is 0 Å². The highest BCUT2D eigenvalue weighted by molar-refractivity contribution is 6.01. The van der Waals surface area contributed by atoms with Crippen LogP contribution in [0.2, 0.25) is 0 Å². The summed E-state index contributed by atoms with van der Waals surface area (Å²) in [5.74, 6) is 0.806. The molecule has 0 saturated carbocycles. The fourth-order valence-electron chi connectivity index (χ4n) is 3.85. The van der Waals surface area contributed by atoms with Crippen molar-refractivity contribution in [2.45, 2.75) is 25.8 Å². The van der Waals surface area contributed by atoms with Crippen molar-refractivity contribution in [1.29, 1.82) is 5.26 Å². The SMILES string of the molecule is Cc1ccc2c(-c3ccc(C#N)cc3O)nnc(NC3CCCN(C)C3)c2c1. The molecule has 6 heteroatoms. The summed E-state index contributed by atoms with van der Waals surface area (Å²) >= 11 is 0. The number of fused-ring (bicyclic) bond motifs is 1. The molecule has 1 aliphatic rings. The number of nitrogens with zero attached hydrogens (tertiary/aromatic N) is 4. The summed E-state index contributed by atoms with van der Waals surface area (Å²) in [4.78, 5) is 2.32. The lowest BCUT2D eigenvalue weighted by Crippen LogP contribution is -2.40. The Hall–Kier alpha value is -3.17. The van der Waals surface area contributed by atoms with E-state index in [1.165, 1.54) is 6.07 Å². The number of piperidine rings is 1. The van der Waals surface area contributed by atoms with Crippen LogP contribution >= 0.6 is 0 Å². The lowest BCUT2D eigenvalue weighted by atomic mass is 10.0. The molecule has 0 amide bonds. The number of anilines is 1. The van der Waals surface area contributed by atoms with Crippen LogP contribution in [0.15, 0.2) is 36.4 Å². The molecule has 28 heavy (non-hydrogen) atoms. The van der Waals surface area contributed by atoms with Gasteiger partial charge in [0.25, 0.3) is 0 Å². The Kier molecular flexibility index (Phi) is 4.84. The maximum absolute atomic E-state index is 10.4. The third-order valence-electron chi connectivity index (χ3n) is 5.28. The maximum atomic E-state index is 10.4. The minimum Gasteiger partial charge on any atom is -0.507 e. The zero-order chi connectivity index (χ0) is 19.7. The van der Waals surface area contributed by atoms with Gasteiger partial charge in [0.2, 0.25) is 0 Å². The summed E-state index contributed by atoms with van der Waals surface area (Å²) in [5, 5.41) is 33.8. The van der Waals surface area contributed by atoms with Crippen LogP contribution in [-0.2, 0) is 0 Å². The van der Waals surface area contributed by atoms with Crippen LogP contribution in [0.1, 0.15) is 24.0 Å². The van der Waals surface area contributed by atoms with E-state index in [0.29, 0.717) is 22.9 Å².